The normalized spacial score (nSPS) is 29.0. The summed E-state index contributed by atoms with van der Waals surface area (Å²) in [4.78, 5) is 13.1. The number of aromatic hydroxyl groups is 2. The van der Waals surface area contributed by atoms with Gasteiger partial charge in [-0.1, -0.05) is 12.1 Å². The molecule has 31 heavy (non-hydrogen) atoms. The summed E-state index contributed by atoms with van der Waals surface area (Å²) in [6, 6.07) is 7.34. The first-order valence-corrected chi connectivity index (χ1v) is 9.63. The summed E-state index contributed by atoms with van der Waals surface area (Å²) in [6.45, 7) is 3.07. The molecule has 2 aromatic carbocycles. The first-order valence-electron chi connectivity index (χ1n) is 9.63. The second-order valence-corrected chi connectivity index (χ2v) is 7.55. The molecule has 0 aromatic heterocycles. The number of carbonyl (C=O) groups excluding carboxylic acids is 1. The number of aliphatic hydroxyl groups is 3. The molecule has 0 bridgehead atoms. The Balaban J connectivity index is 1.69. The van der Waals surface area contributed by atoms with Gasteiger partial charge < -0.3 is 39.7 Å². The number of Topliss-reactive ketones (excluding diaryl/α,β-unsaturated/α-hetero) is 1. The number of ketones is 1. The van der Waals surface area contributed by atoms with E-state index in [2.05, 4.69) is 0 Å². The molecule has 0 aliphatic carbocycles. The van der Waals surface area contributed by atoms with Gasteiger partial charge in [-0.05, 0) is 37.6 Å². The van der Waals surface area contributed by atoms with Crippen molar-refractivity contribution in [1.29, 1.82) is 0 Å². The van der Waals surface area contributed by atoms with Crippen molar-refractivity contribution >= 4 is 11.9 Å². The Hall–Kier alpha value is -3.11. The van der Waals surface area contributed by atoms with Crippen LogP contribution in [-0.2, 0) is 4.74 Å². The van der Waals surface area contributed by atoms with Crippen molar-refractivity contribution in [3.8, 4) is 23.0 Å². The van der Waals surface area contributed by atoms with E-state index in [4.69, 9.17) is 14.2 Å². The Morgan fingerprint density at radius 3 is 2.39 bits per heavy atom. The van der Waals surface area contributed by atoms with Crippen molar-refractivity contribution in [2.75, 3.05) is 0 Å². The summed E-state index contributed by atoms with van der Waals surface area (Å²) in [7, 11) is 0. The number of benzene rings is 2. The molecule has 9 nitrogen and oxygen atoms in total. The molecular formula is C22H22O9. The van der Waals surface area contributed by atoms with E-state index in [9.17, 15) is 30.3 Å². The monoisotopic (exact) mass is 430 g/mol. The van der Waals surface area contributed by atoms with E-state index >= 15 is 0 Å². The molecule has 2 aromatic rings. The summed E-state index contributed by atoms with van der Waals surface area (Å²) in [5.41, 5.74) is 0.957. The molecule has 164 valence electrons. The van der Waals surface area contributed by atoms with Gasteiger partial charge in [-0.25, -0.2) is 0 Å². The first kappa shape index (κ1) is 21.1. The van der Waals surface area contributed by atoms with Gasteiger partial charge in [-0.3, -0.25) is 4.79 Å². The molecule has 0 saturated carbocycles. The molecule has 1 saturated heterocycles. The van der Waals surface area contributed by atoms with Gasteiger partial charge >= 0.3 is 0 Å². The molecule has 5 N–H and O–H groups in total. The minimum absolute atomic E-state index is 0.0202. The Bertz CT molecular complexity index is 1040. The third kappa shape index (κ3) is 3.72. The molecule has 2 aliphatic heterocycles. The van der Waals surface area contributed by atoms with Gasteiger partial charge in [0.2, 0.25) is 12.1 Å². The molecule has 1 fully saturated rings. The predicted molar refractivity (Wildman–Crippen MR) is 107 cm³/mol. The number of carbonyl (C=O) groups is 1. The minimum atomic E-state index is -1.59. The lowest BCUT2D eigenvalue weighted by Gasteiger charge is -2.39. The topological polar surface area (TPSA) is 146 Å². The van der Waals surface area contributed by atoms with Crippen LogP contribution in [0.3, 0.4) is 0 Å². The quantitative estimate of drug-likeness (QED) is 0.454. The molecule has 0 spiro atoms. The highest BCUT2D eigenvalue weighted by atomic mass is 16.7. The predicted octanol–water partition coefficient (Wildman–Crippen LogP) is 1.23. The summed E-state index contributed by atoms with van der Waals surface area (Å²) < 4.78 is 16.8. The van der Waals surface area contributed by atoms with Gasteiger partial charge in [0.05, 0.1) is 6.10 Å². The average molecular weight is 430 g/mol. The zero-order chi connectivity index (χ0) is 22.4. The maximum Gasteiger partial charge on any atom is 0.235 e. The van der Waals surface area contributed by atoms with Crippen LogP contribution in [-0.4, -0.2) is 62.0 Å². The van der Waals surface area contributed by atoms with Crippen LogP contribution >= 0.6 is 0 Å². The van der Waals surface area contributed by atoms with E-state index < -0.39 is 36.5 Å². The lowest BCUT2D eigenvalue weighted by atomic mass is 10.00. The highest BCUT2D eigenvalue weighted by Gasteiger charge is 2.44. The fraction of sp³-hybridized carbons (Fsp3) is 0.318. The molecule has 5 atom stereocenters. The number of hydrogen-bond acceptors (Lipinski definition) is 9. The zero-order valence-corrected chi connectivity index (χ0v) is 16.7. The van der Waals surface area contributed by atoms with E-state index in [0.29, 0.717) is 11.1 Å². The van der Waals surface area contributed by atoms with Crippen LogP contribution in [0.2, 0.25) is 0 Å². The van der Waals surface area contributed by atoms with E-state index in [1.54, 1.807) is 19.1 Å². The number of fused-ring (bicyclic) bond motifs is 1. The molecule has 0 unspecified atom stereocenters. The number of rotatable bonds is 3. The second-order valence-electron chi connectivity index (χ2n) is 7.55. The maximum atomic E-state index is 13.1. The van der Waals surface area contributed by atoms with Crippen molar-refractivity contribution in [1.82, 2.24) is 0 Å². The highest BCUT2D eigenvalue weighted by Crippen LogP contribution is 2.45. The maximum absolute atomic E-state index is 13.1. The molecule has 0 radical (unpaired) electrons. The van der Waals surface area contributed by atoms with Gasteiger partial charge in [0, 0.05) is 11.6 Å². The lowest BCUT2D eigenvalue weighted by Crippen LogP contribution is -2.58. The fourth-order valence-electron chi connectivity index (χ4n) is 3.49. The zero-order valence-electron chi connectivity index (χ0n) is 16.7. The molecule has 2 aliphatic rings. The number of allylic oxidation sites excluding steroid dienone is 1. The van der Waals surface area contributed by atoms with Crippen LogP contribution in [0, 0.1) is 6.92 Å². The van der Waals surface area contributed by atoms with E-state index in [0.717, 1.165) is 0 Å². The van der Waals surface area contributed by atoms with Crippen molar-refractivity contribution in [3.05, 3.63) is 52.8 Å². The third-order valence-electron chi connectivity index (χ3n) is 5.37. The Morgan fingerprint density at radius 1 is 1.03 bits per heavy atom. The third-order valence-corrected chi connectivity index (χ3v) is 5.37. The molecule has 0 amide bonds. The van der Waals surface area contributed by atoms with Crippen LogP contribution in [0.5, 0.6) is 23.0 Å². The Morgan fingerprint density at radius 2 is 1.71 bits per heavy atom. The van der Waals surface area contributed by atoms with Crippen LogP contribution in [0.1, 0.15) is 28.4 Å². The smallest absolute Gasteiger partial charge is 0.235 e. The lowest BCUT2D eigenvalue weighted by molar-refractivity contribution is -0.268. The molecule has 9 heteroatoms. The number of aliphatic hydroxyl groups excluding tert-OH is 3. The second kappa shape index (κ2) is 7.86. The van der Waals surface area contributed by atoms with Crippen LogP contribution in [0.25, 0.3) is 6.08 Å². The molecule has 4 rings (SSSR count). The standard InChI is InChI=1S/C22H22O9/c1-9-13(24)8-14(31-22-20(28)19(27)17(25)10(2)29-22)16-18(26)15(30-21(9)16)7-11-3-5-12(23)6-4-11/h3-8,10,17,19-20,22-25,27-28H,1-2H3/b15-7-/t10-,17+,19+,20-,22+/m1/s1. The van der Waals surface area contributed by atoms with E-state index in [1.165, 1.54) is 31.2 Å². The summed E-state index contributed by atoms with van der Waals surface area (Å²) in [5.74, 6) is -0.659. The SMILES string of the molecule is Cc1c(O)cc(O[C@@H]2O[C@H](C)[C@H](O)[C@H](O)[C@H]2O)c2c1O/C(=C\c1ccc(O)cc1)C2=O. The van der Waals surface area contributed by atoms with Gasteiger partial charge in [0.15, 0.2) is 5.76 Å². The van der Waals surface area contributed by atoms with Crippen LogP contribution < -0.4 is 9.47 Å². The van der Waals surface area contributed by atoms with Crippen molar-refractivity contribution < 1.29 is 44.5 Å². The number of hydrogen-bond donors (Lipinski definition) is 5. The average Bonchev–Trinajstić information content (AvgIpc) is 3.06. The molecular weight excluding hydrogens is 408 g/mol. The summed E-state index contributed by atoms with van der Waals surface area (Å²) in [5, 5.41) is 49.8. The Labute approximate surface area is 177 Å². The highest BCUT2D eigenvalue weighted by molar-refractivity contribution is 6.16. The van der Waals surface area contributed by atoms with Crippen molar-refractivity contribution in [2.45, 2.75) is 44.6 Å². The minimum Gasteiger partial charge on any atom is -0.508 e. The van der Waals surface area contributed by atoms with Gasteiger partial charge in [-0.2, -0.15) is 0 Å². The number of phenols is 2. The first-order chi connectivity index (χ1) is 14.7. The van der Waals surface area contributed by atoms with Gasteiger partial charge in [0.25, 0.3) is 0 Å². The summed E-state index contributed by atoms with van der Waals surface area (Å²) in [6.07, 6.45) is -5.16. The summed E-state index contributed by atoms with van der Waals surface area (Å²) >= 11 is 0. The number of phenolic OH excluding ortho intramolecular Hbond substituents is 2. The van der Waals surface area contributed by atoms with Crippen molar-refractivity contribution in [2.24, 2.45) is 0 Å². The Kier molecular flexibility index (Phi) is 5.36. The van der Waals surface area contributed by atoms with E-state index in [1.807, 2.05) is 0 Å². The van der Waals surface area contributed by atoms with Gasteiger partial charge in [-0.15, -0.1) is 0 Å². The molecule has 2 heterocycles. The van der Waals surface area contributed by atoms with Gasteiger partial charge in [0.1, 0.15) is 46.9 Å². The number of ether oxygens (including phenoxy) is 3. The fourth-order valence-corrected chi connectivity index (χ4v) is 3.49. The van der Waals surface area contributed by atoms with E-state index in [-0.39, 0.29) is 34.3 Å². The largest absolute Gasteiger partial charge is 0.508 e. The van der Waals surface area contributed by atoms with Crippen LogP contribution in [0.4, 0.5) is 0 Å². The van der Waals surface area contributed by atoms with Crippen molar-refractivity contribution in [3.63, 3.8) is 0 Å². The van der Waals surface area contributed by atoms with Crippen LogP contribution in [0.15, 0.2) is 36.1 Å².